The zero-order chi connectivity index (χ0) is 21.8. The molecule has 0 radical (unpaired) electrons. The van der Waals surface area contributed by atoms with E-state index in [1.807, 2.05) is 18.2 Å². The van der Waals surface area contributed by atoms with Crippen LogP contribution >= 0.6 is 11.6 Å². The van der Waals surface area contributed by atoms with Crippen LogP contribution in [0.1, 0.15) is 40.3 Å². The first-order valence-corrected chi connectivity index (χ1v) is 9.59. The van der Waals surface area contributed by atoms with Crippen molar-refractivity contribution in [3.05, 3.63) is 76.6 Å². The van der Waals surface area contributed by atoms with E-state index in [2.05, 4.69) is 10.4 Å². The summed E-state index contributed by atoms with van der Waals surface area (Å²) in [6.45, 7) is 4.53. The minimum atomic E-state index is -1.09. The summed E-state index contributed by atoms with van der Waals surface area (Å²) < 4.78 is 6.74. The van der Waals surface area contributed by atoms with Crippen molar-refractivity contribution in [1.82, 2.24) is 9.78 Å². The van der Waals surface area contributed by atoms with Crippen molar-refractivity contribution in [3.63, 3.8) is 0 Å². The highest BCUT2D eigenvalue weighted by Crippen LogP contribution is 2.24. The molecule has 2 aromatic carbocycles. The SMILES string of the molecule is CC(=O)c1cccc(NC(=O)C(C)OC(=O)c2c(C)nn(-c3ccccc3)c2Cl)c1. The number of esters is 1. The number of rotatable bonds is 6. The van der Waals surface area contributed by atoms with Crippen molar-refractivity contribution in [2.45, 2.75) is 26.9 Å². The molecule has 0 spiro atoms. The second-order valence-electron chi connectivity index (χ2n) is 6.67. The molecule has 1 atom stereocenters. The van der Waals surface area contributed by atoms with E-state index in [1.54, 1.807) is 43.3 Å². The third kappa shape index (κ3) is 4.58. The number of aromatic nitrogens is 2. The molecule has 0 aliphatic heterocycles. The molecule has 8 heteroatoms. The summed E-state index contributed by atoms with van der Waals surface area (Å²) >= 11 is 6.37. The van der Waals surface area contributed by atoms with Crippen LogP contribution in [0, 0.1) is 6.92 Å². The molecular weight excluding hydrogens is 406 g/mol. The van der Waals surface area contributed by atoms with E-state index >= 15 is 0 Å². The molecule has 0 fully saturated rings. The van der Waals surface area contributed by atoms with Crippen LogP contribution in [0.3, 0.4) is 0 Å². The molecule has 1 unspecified atom stereocenters. The molecule has 0 aliphatic carbocycles. The quantitative estimate of drug-likeness (QED) is 0.471. The van der Waals surface area contributed by atoms with Gasteiger partial charge < -0.3 is 10.1 Å². The number of amides is 1. The lowest BCUT2D eigenvalue weighted by Crippen LogP contribution is -2.30. The number of carbonyl (C=O) groups excluding carboxylic acids is 3. The summed E-state index contributed by atoms with van der Waals surface area (Å²) in [6.07, 6.45) is -1.09. The van der Waals surface area contributed by atoms with Gasteiger partial charge in [0.2, 0.25) is 0 Å². The number of halogens is 1. The number of ketones is 1. The summed E-state index contributed by atoms with van der Waals surface area (Å²) in [5, 5.41) is 7.03. The van der Waals surface area contributed by atoms with E-state index in [-0.39, 0.29) is 16.5 Å². The van der Waals surface area contributed by atoms with Gasteiger partial charge in [0.25, 0.3) is 5.91 Å². The fraction of sp³-hybridized carbons (Fsp3) is 0.182. The van der Waals surface area contributed by atoms with Crippen molar-refractivity contribution < 1.29 is 19.1 Å². The lowest BCUT2D eigenvalue weighted by molar-refractivity contribution is -0.123. The number of carbonyl (C=O) groups is 3. The lowest BCUT2D eigenvalue weighted by atomic mass is 10.1. The highest BCUT2D eigenvalue weighted by Gasteiger charge is 2.26. The number of para-hydroxylation sites is 1. The highest BCUT2D eigenvalue weighted by atomic mass is 35.5. The van der Waals surface area contributed by atoms with E-state index in [4.69, 9.17) is 16.3 Å². The van der Waals surface area contributed by atoms with Gasteiger partial charge in [-0.2, -0.15) is 5.10 Å². The van der Waals surface area contributed by atoms with Crippen LogP contribution < -0.4 is 5.32 Å². The fourth-order valence-electron chi connectivity index (χ4n) is 2.80. The largest absolute Gasteiger partial charge is 0.449 e. The molecule has 0 bridgehead atoms. The molecule has 1 aromatic heterocycles. The Labute approximate surface area is 178 Å². The Kier molecular flexibility index (Phi) is 6.32. The monoisotopic (exact) mass is 425 g/mol. The summed E-state index contributed by atoms with van der Waals surface area (Å²) in [5.41, 5.74) is 2.07. The number of hydrogen-bond acceptors (Lipinski definition) is 5. The van der Waals surface area contributed by atoms with Gasteiger partial charge in [-0.25, -0.2) is 9.48 Å². The number of aryl methyl sites for hydroxylation is 1. The summed E-state index contributed by atoms with van der Waals surface area (Å²) in [4.78, 5) is 36.6. The van der Waals surface area contributed by atoms with Crippen molar-refractivity contribution in [2.24, 2.45) is 0 Å². The summed E-state index contributed by atoms with van der Waals surface area (Å²) in [7, 11) is 0. The van der Waals surface area contributed by atoms with Crippen LogP contribution in [-0.4, -0.2) is 33.5 Å². The Hall–Kier alpha value is -3.45. The first kappa shape index (κ1) is 21.3. The highest BCUT2D eigenvalue weighted by molar-refractivity contribution is 6.33. The van der Waals surface area contributed by atoms with Crippen LogP contribution in [0.4, 0.5) is 5.69 Å². The number of nitrogens with zero attached hydrogens (tertiary/aromatic N) is 2. The molecule has 3 aromatic rings. The van der Waals surface area contributed by atoms with Crippen molar-refractivity contribution in [1.29, 1.82) is 0 Å². The number of anilines is 1. The predicted molar refractivity (Wildman–Crippen MR) is 113 cm³/mol. The molecule has 30 heavy (non-hydrogen) atoms. The molecule has 154 valence electrons. The van der Waals surface area contributed by atoms with Gasteiger partial charge in [0.05, 0.1) is 11.4 Å². The topological polar surface area (TPSA) is 90.3 Å². The van der Waals surface area contributed by atoms with E-state index in [0.29, 0.717) is 22.6 Å². The van der Waals surface area contributed by atoms with Crippen LogP contribution in [0.25, 0.3) is 5.69 Å². The number of hydrogen-bond donors (Lipinski definition) is 1. The molecule has 3 rings (SSSR count). The van der Waals surface area contributed by atoms with E-state index in [9.17, 15) is 14.4 Å². The normalized spacial score (nSPS) is 11.6. The fourth-order valence-corrected chi connectivity index (χ4v) is 3.15. The average Bonchev–Trinajstić information content (AvgIpc) is 3.02. The standard InChI is InChI=1S/C22H20ClN3O4/c1-13-19(20(23)26(25-13)18-10-5-4-6-11-18)22(29)30-15(3)21(28)24-17-9-7-8-16(12-17)14(2)27/h4-12,15H,1-3H3,(H,24,28). The Morgan fingerprint density at radius 1 is 1.10 bits per heavy atom. The lowest BCUT2D eigenvalue weighted by Gasteiger charge is -2.14. The summed E-state index contributed by atoms with van der Waals surface area (Å²) in [5.74, 6) is -1.40. The average molecular weight is 426 g/mol. The van der Waals surface area contributed by atoms with E-state index in [1.165, 1.54) is 18.5 Å². The van der Waals surface area contributed by atoms with Gasteiger partial charge in [-0.15, -0.1) is 0 Å². The van der Waals surface area contributed by atoms with Crippen LogP contribution in [-0.2, 0) is 9.53 Å². The van der Waals surface area contributed by atoms with Gasteiger partial charge in [-0.1, -0.05) is 41.9 Å². The maximum absolute atomic E-state index is 12.7. The summed E-state index contributed by atoms with van der Waals surface area (Å²) in [6, 6.07) is 15.6. The van der Waals surface area contributed by atoms with Crippen LogP contribution in [0.5, 0.6) is 0 Å². The second kappa shape index (κ2) is 8.92. The minimum Gasteiger partial charge on any atom is -0.449 e. The maximum Gasteiger partial charge on any atom is 0.344 e. The Morgan fingerprint density at radius 2 is 1.80 bits per heavy atom. The smallest absolute Gasteiger partial charge is 0.344 e. The number of benzene rings is 2. The van der Waals surface area contributed by atoms with Crippen LogP contribution in [0.2, 0.25) is 5.15 Å². The van der Waals surface area contributed by atoms with Crippen LogP contribution in [0.15, 0.2) is 54.6 Å². The molecule has 7 nitrogen and oxygen atoms in total. The molecule has 0 aliphatic rings. The molecule has 0 saturated heterocycles. The molecule has 1 amide bonds. The number of ether oxygens (including phenoxy) is 1. The molecule has 1 N–H and O–H groups in total. The van der Waals surface area contributed by atoms with E-state index < -0.39 is 18.0 Å². The van der Waals surface area contributed by atoms with Crippen molar-refractivity contribution >= 4 is 34.9 Å². The van der Waals surface area contributed by atoms with Crippen molar-refractivity contribution in [3.8, 4) is 5.69 Å². The first-order valence-electron chi connectivity index (χ1n) is 9.21. The van der Waals surface area contributed by atoms with Gasteiger partial charge in [0.1, 0.15) is 10.7 Å². The Balaban J connectivity index is 1.73. The number of nitrogens with one attached hydrogen (secondary N) is 1. The zero-order valence-corrected chi connectivity index (χ0v) is 17.4. The van der Waals surface area contributed by atoms with Gasteiger partial charge in [-0.05, 0) is 45.0 Å². The zero-order valence-electron chi connectivity index (χ0n) is 16.7. The Morgan fingerprint density at radius 3 is 2.47 bits per heavy atom. The van der Waals surface area contributed by atoms with Crippen molar-refractivity contribution in [2.75, 3.05) is 5.32 Å². The molecule has 1 heterocycles. The predicted octanol–water partition coefficient (Wildman–Crippen LogP) is 4.22. The third-order valence-corrected chi connectivity index (χ3v) is 4.75. The third-order valence-electron chi connectivity index (χ3n) is 4.40. The van der Waals surface area contributed by atoms with E-state index in [0.717, 1.165) is 0 Å². The second-order valence-corrected chi connectivity index (χ2v) is 7.03. The van der Waals surface area contributed by atoms with Gasteiger partial charge in [-0.3, -0.25) is 9.59 Å². The van der Waals surface area contributed by atoms with Gasteiger partial charge in [0.15, 0.2) is 11.9 Å². The van der Waals surface area contributed by atoms with Gasteiger partial charge >= 0.3 is 5.97 Å². The first-order chi connectivity index (χ1) is 14.3. The minimum absolute atomic E-state index is 0.0961. The van der Waals surface area contributed by atoms with Gasteiger partial charge in [0, 0.05) is 11.3 Å². The maximum atomic E-state index is 12.7. The Bertz CT molecular complexity index is 1110. The molecule has 0 saturated carbocycles. The molecular formula is C22H20ClN3O4. The number of Topliss-reactive ketones (excluding diaryl/α,β-unsaturated/α-hetero) is 1.